The number of nitrogens with one attached hydrogen (secondary N) is 2. The van der Waals surface area contributed by atoms with Crippen LogP contribution in [0.2, 0.25) is 0 Å². The summed E-state index contributed by atoms with van der Waals surface area (Å²) in [6, 6.07) is 12.3. The number of halogens is 2. The van der Waals surface area contributed by atoms with Crippen LogP contribution in [0.5, 0.6) is 0 Å². The van der Waals surface area contributed by atoms with Crippen LogP contribution in [0.15, 0.2) is 60.9 Å². The summed E-state index contributed by atoms with van der Waals surface area (Å²) < 4.78 is 34.4. The van der Waals surface area contributed by atoms with E-state index in [0.717, 1.165) is 30.2 Å². The van der Waals surface area contributed by atoms with Crippen molar-refractivity contribution in [2.45, 2.75) is 43.9 Å². The van der Waals surface area contributed by atoms with E-state index >= 15 is 0 Å². The van der Waals surface area contributed by atoms with Gasteiger partial charge in [-0.1, -0.05) is 12.1 Å². The van der Waals surface area contributed by atoms with Crippen LogP contribution in [0, 0.1) is 11.6 Å². The van der Waals surface area contributed by atoms with Gasteiger partial charge in [0.05, 0.1) is 17.8 Å². The maximum atomic E-state index is 13.7. The lowest BCUT2D eigenvalue weighted by Crippen LogP contribution is -2.51. The van der Waals surface area contributed by atoms with Crippen molar-refractivity contribution in [3.05, 3.63) is 83.7 Å². The Morgan fingerprint density at radius 1 is 1.20 bits per heavy atom. The Morgan fingerprint density at radius 2 is 1.97 bits per heavy atom. The van der Waals surface area contributed by atoms with Gasteiger partial charge in [-0.15, -0.1) is 0 Å². The van der Waals surface area contributed by atoms with E-state index in [1.54, 1.807) is 17.8 Å². The number of aromatic nitrogens is 2. The highest BCUT2D eigenvalue weighted by atomic mass is 19.1. The van der Waals surface area contributed by atoms with E-state index in [4.69, 9.17) is 4.74 Å². The highest BCUT2D eigenvalue weighted by Crippen LogP contribution is 2.45. The largest absolute Gasteiger partial charge is 0.390 e. The predicted molar refractivity (Wildman–Crippen MR) is 127 cm³/mol. The number of aliphatic hydroxyl groups is 1. The summed E-state index contributed by atoms with van der Waals surface area (Å²) in [7, 11) is 0. The third kappa shape index (κ3) is 6.50. The first-order chi connectivity index (χ1) is 16.9. The fourth-order valence-electron chi connectivity index (χ4n) is 4.21. The molecule has 3 N–H and O–H groups in total. The quantitative estimate of drug-likeness (QED) is 0.368. The molecule has 1 amide bonds. The summed E-state index contributed by atoms with van der Waals surface area (Å²) in [6.45, 7) is 2.17. The van der Waals surface area contributed by atoms with Gasteiger partial charge in [0, 0.05) is 37.2 Å². The molecule has 35 heavy (non-hydrogen) atoms. The van der Waals surface area contributed by atoms with Crippen LogP contribution >= 0.6 is 0 Å². The average Bonchev–Trinajstić information content (AvgIpc) is 3.43. The Bertz CT molecular complexity index is 1120. The number of ether oxygens (including phenoxy) is 1. The first-order valence-electron chi connectivity index (χ1n) is 11.7. The van der Waals surface area contributed by atoms with Gasteiger partial charge in [0.25, 0.3) is 0 Å². The van der Waals surface area contributed by atoms with E-state index in [-0.39, 0.29) is 25.1 Å². The molecule has 2 aromatic carbocycles. The van der Waals surface area contributed by atoms with E-state index in [1.807, 2.05) is 30.5 Å². The van der Waals surface area contributed by atoms with E-state index in [2.05, 4.69) is 21.8 Å². The van der Waals surface area contributed by atoms with Crippen molar-refractivity contribution in [3.8, 4) is 5.69 Å². The number of nitrogens with zero attached hydrogens (tertiary/aromatic N) is 2. The molecule has 2 unspecified atom stereocenters. The molecule has 1 heterocycles. The molecule has 0 bridgehead atoms. The molecule has 2 atom stereocenters. The number of hydrogen-bond donors (Lipinski definition) is 3. The second-order valence-electron chi connectivity index (χ2n) is 8.82. The first-order valence-corrected chi connectivity index (χ1v) is 11.7. The van der Waals surface area contributed by atoms with Crippen LogP contribution in [0.25, 0.3) is 5.69 Å². The van der Waals surface area contributed by atoms with E-state index < -0.39 is 29.7 Å². The van der Waals surface area contributed by atoms with Gasteiger partial charge < -0.3 is 20.5 Å². The van der Waals surface area contributed by atoms with Crippen molar-refractivity contribution < 1.29 is 23.4 Å². The van der Waals surface area contributed by atoms with E-state index in [0.29, 0.717) is 12.2 Å². The number of amides is 1. The summed E-state index contributed by atoms with van der Waals surface area (Å²) in [5.74, 6) is -1.82. The minimum Gasteiger partial charge on any atom is -0.390 e. The number of hydrogen-bond acceptors (Lipinski definition) is 5. The molecule has 7 nitrogen and oxygen atoms in total. The average molecular weight is 485 g/mol. The maximum absolute atomic E-state index is 13.7. The van der Waals surface area contributed by atoms with Crippen molar-refractivity contribution in [1.29, 1.82) is 0 Å². The molecule has 1 aliphatic rings. The van der Waals surface area contributed by atoms with Gasteiger partial charge in [-0.3, -0.25) is 4.79 Å². The van der Waals surface area contributed by atoms with E-state index in [9.17, 15) is 18.7 Å². The first kappa shape index (κ1) is 25.0. The SMILES string of the molecule is CCOCC(=O)NC(Cc1cc(F)cc(F)c1)C(O)CNC1(c2cccc(-n3cccn3)c2)CC1. The molecule has 186 valence electrons. The standard InChI is InChI=1S/C26H30F2N4O3/c1-2-35-17-25(34)31-23(13-18-11-20(27)15-21(28)12-18)24(33)16-29-26(7-8-26)19-5-3-6-22(14-19)32-10-4-9-30-32/h3-6,9-12,14-15,23-24,29,33H,2,7-8,13,16-17H2,1H3,(H,31,34). The van der Waals surface area contributed by atoms with Gasteiger partial charge in [0.2, 0.25) is 5.91 Å². The number of carbonyl (C=O) groups excluding carboxylic acids is 1. The molecule has 9 heteroatoms. The second kappa shape index (κ2) is 11.1. The fraction of sp³-hybridized carbons (Fsp3) is 0.385. The zero-order valence-corrected chi connectivity index (χ0v) is 19.6. The molecule has 0 aliphatic heterocycles. The zero-order valence-electron chi connectivity index (χ0n) is 19.6. The highest BCUT2D eigenvalue weighted by molar-refractivity contribution is 5.77. The molecule has 1 saturated carbocycles. The van der Waals surface area contributed by atoms with Gasteiger partial charge in [0.15, 0.2) is 0 Å². The topological polar surface area (TPSA) is 88.4 Å². The number of benzene rings is 2. The predicted octanol–water partition coefficient (Wildman–Crippen LogP) is 2.85. The van der Waals surface area contributed by atoms with Crippen molar-refractivity contribution in [3.63, 3.8) is 0 Å². The molecular weight excluding hydrogens is 454 g/mol. The molecule has 0 saturated heterocycles. The Balaban J connectivity index is 1.45. The van der Waals surface area contributed by atoms with Crippen LogP contribution in [0.4, 0.5) is 8.78 Å². The Labute approximate surface area is 203 Å². The Morgan fingerprint density at radius 3 is 2.63 bits per heavy atom. The van der Waals surface area contributed by atoms with Gasteiger partial charge >= 0.3 is 0 Å². The maximum Gasteiger partial charge on any atom is 0.246 e. The molecule has 0 spiro atoms. The van der Waals surface area contributed by atoms with Gasteiger partial charge in [-0.2, -0.15) is 5.10 Å². The molecule has 0 radical (unpaired) electrons. The highest BCUT2D eigenvalue weighted by Gasteiger charge is 2.44. The minimum atomic E-state index is -1.00. The monoisotopic (exact) mass is 484 g/mol. The van der Waals surface area contributed by atoms with E-state index in [1.165, 1.54) is 12.1 Å². The smallest absolute Gasteiger partial charge is 0.246 e. The lowest BCUT2D eigenvalue weighted by atomic mass is 9.99. The lowest BCUT2D eigenvalue weighted by Gasteiger charge is -2.27. The van der Waals surface area contributed by atoms with Crippen LogP contribution < -0.4 is 10.6 Å². The second-order valence-corrected chi connectivity index (χ2v) is 8.82. The van der Waals surface area contributed by atoms with Crippen molar-refractivity contribution in [1.82, 2.24) is 20.4 Å². The van der Waals surface area contributed by atoms with Crippen molar-refractivity contribution >= 4 is 5.91 Å². The fourth-order valence-corrected chi connectivity index (χ4v) is 4.21. The Kier molecular flexibility index (Phi) is 7.90. The molecule has 1 fully saturated rings. The number of aliphatic hydroxyl groups excluding tert-OH is 1. The number of rotatable bonds is 12. The summed E-state index contributed by atoms with van der Waals surface area (Å²) in [6.07, 6.45) is 4.47. The van der Waals surface area contributed by atoms with Crippen molar-refractivity contribution in [2.75, 3.05) is 19.8 Å². The van der Waals surface area contributed by atoms with Crippen LogP contribution in [-0.2, 0) is 21.5 Å². The van der Waals surface area contributed by atoms with Crippen LogP contribution in [0.3, 0.4) is 0 Å². The molecule has 4 rings (SSSR count). The summed E-state index contributed by atoms with van der Waals surface area (Å²) >= 11 is 0. The summed E-state index contributed by atoms with van der Waals surface area (Å²) in [4.78, 5) is 12.3. The molecule has 1 aliphatic carbocycles. The third-order valence-electron chi connectivity index (χ3n) is 6.19. The third-order valence-corrected chi connectivity index (χ3v) is 6.19. The zero-order chi connectivity index (χ0) is 24.8. The normalized spacial score (nSPS) is 16.0. The Hall–Kier alpha value is -3.14. The molecular formula is C26H30F2N4O3. The summed E-state index contributed by atoms with van der Waals surface area (Å²) in [5, 5.41) is 21.5. The lowest BCUT2D eigenvalue weighted by molar-refractivity contribution is -0.127. The van der Waals surface area contributed by atoms with Crippen LogP contribution in [-0.4, -0.2) is 52.7 Å². The summed E-state index contributed by atoms with van der Waals surface area (Å²) in [5.41, 5.74) is 2.09. The van der Waals surface area contributed by atoms with Crippen LogP contribution in [0.1, 0.15) is 30.9 Å². The molecule has 3 aromatic rings. The van der Waals surface area contributed by atoms with Crippen molar-refractivity contribution in [2.24, 2.45) is 0 Å². The number of carbonyl (C=O) groups is 1. The van der Waals surface area contributed by atoms with Gasteiger partial charge in [-0.05, 0) is 67.6 Å². The molecule has 1 aromatic heterocycles. The van der Waals surface area contributed by atoms with Gasteiger partial charge in [0.1, 0.15) is 18.2 Å². The minimum absolute atomic E-state index is 0.0666. The van der Waals surface area contributed by atoms with Gasteiger partial charge in [-0.25, -0.2) is 13.5 Å².